The predicted octanol–water partition coefficient (Wildman–Crippen LogP) is 3.11. The number of hydrogen-bond acceptors (Lipinski definition) is 3. The topological polar surface area (TPSA) is 47.3 Å². The van der Waals surface area contributed by atoms with Crippen LogP contribution in [-0.2, 0) is 6.54 Å². The Morgan fingerprint density at radius 1 is 1.14 bits per heavy atom. The van der Waals surface area contributed by atoms with Gasteiger partial charge in [-0.05, 0) is 36.7 Å². The highest BCUT2D eigenvalue weighted by Gasteiger charge is 2.16. The lowest BCUT2D eigenvalue weighted by Crippen LogP contribution is -2.25. The van der Waals surface area contributed by atoms with E-state index in [2.05, 4.69) is 23.1 Å². The van der Waals surface area contributed by atoms with E-state index in [1.54, 1.807) is 0 Å². The first kappa shape index (κ1) is 15.2. The molecule has 0 aromatic heterocycles. The van der Waals surface area contributed by atoms with E-state index in [1.165, 1.54) is 5.56 Å². The summed E-state index contributed by atoms with van der Waals surface area (Å²) in [6.07, 6.45) is 0.693. The average molecular weight is 280 g/mol. The maximum absolute atomic E-state index is 9.33. The molecule has 3 nitrogen and oxygen atoms in total. The monoisotopic (exact) mass is 280 g/mol. The number of aliphatic hydroxyl groups is 1. The Bertz CT molecular complexity index is 604. The second-order valence-corrected chi connectivity index (χ2v) is 5.17. The van der Waals surface area contributed by atoms with Crippen LogP contribution in [0, 0.1) is 11.3 Å². The fraction of sp³-hybridized carbons (Fsp3) is 0.278. The molecule has 2 aromatic carbocycles. The Morgan fingerprint density at radius 2 is 1.90 bits per heavy atom. The standard InChI is InChI=1S/C18H20N2O/c1-20(14-16-7-5-6-15(12-16)13-19)18(10-11-21)17-8-3-2-4-9-17/h2-9,12,18,21H,10-11,14H2,1H3/t18-/m0/s1. The SMILES string of the molecule is CN(Cc1cccc(C#N)c1)[C@@H](CCO)c1ccccc1. The van der Waals surface area contributed by atoms with E-state index >= 15 is 0 Å². The van der Waals surface area contributed by atoms with Gasteiger partial charge in [-0.3, -0.25) is 4.90 Å². The van der Waals surface area contributed by atoms with Gasteiger partial charge in [-0.15, -0.1) is 0 Å². The van der Waals surface area contributed by atoms with Crippen LogP contribution in [0.15, 0.2) is 54.6 Å². The van der Waals surface area contributed by atoms with Gasteiger partial charge in [0.15, 0.2) is 0 Å². The molecule has 0 aliphatic carbocycles. The lowest BCUT2D eigenvalue weighted by atomic mass is 10.0. The summed E-state index contributed by atoms with van der Waals surface area (Å²) in [5, 5.41) is 18.3. The molecule has 0 fully saturated rings. The molecule has 2 rings (SSSR count). The molecule has 0 unspecified atom stereocenters. The van der Waals surface area contributed by atoms with Gasteiger partial charge in [0.2, 0.25) is 0 Å². The molecule has 108 valence electrons. The van der Waals surface area contributed by atoms with Crippen LogP contribution in [0.5, 0.6) is 0 Å². The van der Waals surface area contributed by atoms with Crippen molar-refractivity contribution in [2.24, 2.45) is 0 Å². The normalized spacial score (nSPS) is 12.1. The number of aliphatic hydroxyl groups excluding tert-OH is 1. The number of rotatable bonds is 6. The molecule has 0 bridgehead atoms. The minimum atomic E-state index is 0.155. The first-order chi connectivity index (χ1) is 10.2. The molecule has 0 amide bonds. The molecule has 0 aliphatic heterocycles. The summed E-state index contributed by atoms with van der Waals surface area (Å²) in [7, 11) is 2.05. The zero-order chi connectivity index (χ0) is 15.1. The van der Waals surface area contributed by atoms with Gasteiger partial charge in [0.05, 0.1) is 11.6 Å². The van der Waals surface area contributed by atoms with Gasteiger partial charge in [-0.25, -0.2) is 0 Å². The lowest BCUT2D eigenvalue weighted by Gasteiger charge is -2.28. The van der Waals surface area contributed by atoms with Gasteiger partial charge >= 0.3 is 0 Å². The van der Waals surface area contributed by atoms with Crippen molar-refractivity contribution in [3.05, 3.63) is 71.3 Å². The van der Waals surface area contributed by atoms with Crippen molar-refractivity contribution in [1.29, 1.82) is 5.26 Å². The molecule has 2 aromatic rings. The van der Waals surface area contributed by atoms with E-state index < -0.39 is 0 Å². The van der Waals surface area contributed by atoms with Gasteiger partial charge < -0.3 is 5.11 Å². The highest BCUT2D eigenvalue weighted by molar-refractivity contribution is 5.32. The summed E-state index contributed by atoms with van der Waals surface area (Å²) < 4.78 is 0. The molecule has 0 aliphatic rings. The molecule has 0 saturated carbocycles. The van der Waals surface area contributed by atoms with Gasteiger partial charge in [0.25, 0.3) is 0 Å². The van der Waals surface area contributed by atoms with E-state index in [0.717, 1.165) is 12.1 Å². The van der Waals surface area contributed by atoms with Crippen LogP contribution in [0.4, 0.5) is 0 Å². The average Bonchev–Trinajstić information content (AvgIpc) is 2.53. The molecule has 0 radical (unpaired) electrons. The van der Waals surface area contributed by atoms with Crippen LogP contribution in [0.25, 0.3) is 0 Å². The fourth-order valence-corrected chi connectivity index (χ4v) is 2.58. The van der Waals surface area contributed by atoms with E-state index in [0.29, 0.717) is 12.0 Å². The third-order valence-electron chi connectivity index (χ3n) is 3.61. The van der Waals surface area contributed by atoms with Crippen molar-refractivity contribution in [3.63, 3.8) is 0 Å². The van der Waals surface area contributed by atoms with Crippen molar-refractivity contribution < 1.29 is 5.11 Å². The summed E-state index contributed by atoms with van der Waals surface area (Å²) in [6.45, 7) is 0.900. The number of hydrogen-bond donors (Lipinski definition) is 1. The van der Waals surface area contributed by atoms with Gasteiger partial charge in [-0.2, -0.15) is 5.26 Å². The number of nitriles is 1. The Hall–Kier alpha value is -2.15. The second kappa shape index (κ2) is 7.58. The second-order valence-electron chi connectivity index (χ2n) is 5.17. The van der Waals surface area contributed by atoms with Gasteiger partial charge in [0.1, 0.15) is 0 Å². The van der Waals surface area contributed by atoms with Crippen molar-refractivity contribution in [2.45, 2.75) is 19.0 Å². The molecular formula is C18H20N2O. The van der Waals surface area contributed by atoms with Crippen LogP contribution in [-0.4, -0.2) is 23.7 Å². The van der Waals surface area contributed by atoms with Crippen LogP contribution in [0.2, 0.25) is 0 Å². The fourth-order valence-electron chi connectivity index (χ4n) is 2.58. The van der Waals surface area contributed by atoms with Crippen LogP contribution in [0.3, 0.4) is 0 Å². The molecule has 3 heteroatoms. The summed E-state index contributed by atoms with van der Waals surface area (Å²) in [5.41, 5.74) is 2.99. The smallest absolute Gasteiger partial charge is 0.0991 e. The number of benzene rings is 2. The first-order valence-corrected chi connectivity index (χ1v) is 7.09. The van der Waals surface area contributed by atoms with E-state index in [-0.39, 0.29) is 12.6 Å². The maximum atomic E-state index is 9.33. The van der Waals surface area contributed by atoms with E-state index in [9.17, 15) is 5.11 Å². The summed E-state index contributed by atoms with van der Waals surface area (Å²) in [6, 6.07) is 20.2. The number of nitrogens with zero attached hydrogens (tertiary/aromatic N) is 2. The Kier molecular flexibility index (Phi) is 5.51. The Labute approximate surface area is 126 Å². The zero-order valence-electron chi connectivity index (χ0n) is 12.2. The van der Waals surface area contributed by atoms with Crippen molar-refractivity contribution in [3.8, 4) is 6.07 Å². The minimum absolute atomic E-state index is 0.155. The van der Waals surface area contributed by atoms with Crippen LogP contribution in [0.1, 0.15) is 29.2 Å². The van der Waals surface area contributed by atoms with Crippen molar-refractivity contribution in [1.82, 2.24) is 4.90 Å². The molecule has 0 heterocycles. The molecular weight excluding hydrogens is 260 g/mol. The highest BCUT2D eigenvalue weighted by atomic mass is 16.3. The first-order valence-electron chi connectivity index (χ1n) is 7.09. The van der Waals surface area contributed by atoms with E-state index in [4.69, 9.17) is 5.26 Å². The molecule has 1 N–H and O–H groups in total. The molecule has 0 saturated heterocycles. The van der Waals surface area contributed by atoms with Crippen LogP contribution < -0.4 is 0 Å². The third-order valence-corrected chi connectivity index (χ3v) is 3.61. The Balaban J connectivity index is 2.15. The third kappa shape index (κ3) is 4.16. The van der Waals surface area contributed by atoms with Gasteiger partial charge in [0, 0.05) is 19.2 Å². The molecule has 21 heavy (non-hydrogen) atoms. The lowest BCUT2D eigenvalue weighted by molar-refractivity contribution is 0.180. The predicted molar refractivity (Wildman–Crippen MR) is 83.5 cm³/mol. The zero-order valence-corrected chi connectivity index (χ0v) is 12.2. The quantitative estimate of drug-likeness (QED) is 0.884. The maximum Gasteiger partial charge on any atom is 0.0991 e. The molecule has 0 spiro atoms. The summed E-state index contributed by atoms with van der Waals surface area (Å²) >= 11 is 0. The summed E-state index contributed by atoms with van der Waals surface area (Å²) in [5.74, 6) is 0. The molecule has 1 atom stereocenters. The van der Waals surface area contributed by atoms with Gasteiger partial charge in [-0.1, -0.05) is 42.5 Å². The largest absolute Gasteiger partial charge is 0.396 e. The minimum Gasteiger partial charge on any atom is -0.396 e. The van der Waals surface area contributed by atoms with Crippen LogP contribution >= 0.6 is 0 Å². The van der Waals surface area contributed by atoms with E-state index in [1.807, 2.05) is 49.5 Å². The van der Waals surface area contributed by atoms with Crippen molar-refractivity contribution in [2.75, 3.05) is 13.7 Å². The summed E-state index contributed by atoms with van der Waals surface area (Å²) in [4.78, 5) is 2.21. The van der Waals surface area contributed by atoms with Crippen molar-refractivity contribution >= 4 is 0 Å². The highest BCUT2D eigenvalue weighted by Crippen LogP contribution is 2.24. The Morgan fingerprint density at radius 3 is 2.57 bits per heavy atom.